The fraction of sp³-hybridized carbons (Fsp3) is 0.500. The zero-order chi connectivity index (χ0) is 22.1. The summed E-state index contributed by atoms with van der Waals surface area (Å²) in [4.78, 5) is 10.5. The summed E-state index contributed by atoms with van der Waals surface area (Å²) in [6, 6.07) is 4.34. The Bertz CT molecular complexity index is 1170. The highest BCUT2D eigenvalue weighted by Crippen LogP contribution is 2.46. The number of ether oxygens (including phenoxy) is 1. The molecule has 5 rings (SSSR count). The molecule has 166 valence electrons. The molecule has 3 aliphatic rings. The molecule has 1 aromatic carbocycles. The molecule has 3 atom stereocenters. The highest BCUT2D eigenvalue weighted by atomic mass is 32.2. The van der Waals surface area contributed by atoms with Crippen LogP contribution >= 0.6 is 0 Å². The molecule has 11 heteroatoms. The van der Waals surface area contributed by atoms with Crippen LogP contribution in [-0.4, -0.2) is 55.0 Å². The van der Waals surface area contributed by atoms with E-state index in [1.54, 1.807) is 30.0 Å². The SMILES string of the molecule is C[C@H]1[C@H](O)CN1c1nc(-c2ccc3c(c2)C(NS(C)(=O)=O)CO3)c2c(n1)C(F)(F)CC2. The van der Waals surface area contributed by atoms with E-state index in [1.165, 1.54) is 0 Å². The Balaban J connectivity index is 1.61. The largest absolute Gasteiger partial charge is 0.491 e. The molecule has 0 bridgehead atoms. The fourth-order valence-electron chi connectivity index (χ4n) is 4.35. The van der Waals surface area contributed by atoms with Gasteiger partial charge in [-0.3, -0.25) is 0 Å². The number of benzene rings is 1. The lowest BCUT2D eigenvalue weighted by Crippen LogP contribution is -2.59. The maximum Gasteiger partial charge on any atom is 0.290 e. The molecule has 1 saturated heterocycles. The van der Waals surface area contributed by atoms with Gasteiger partial charge in [-0.1, -0.05) is 0 Å². The van der Waals surface area contributed by atoms with E-state index in [0.717, 1.165) is 6.26 Å². The Morgan fingerprint density at radius 3 is 2.77 bits per heavy atom. The van der Waals surface area contributed by atoms with E-state index in [4.69, 9.17) is 4.74 Å². The monoisotopic (exact) mass is 452 g/mol. The van der Waals surface area contributed by atoms with E-state index < -0.39 is 28.1 Å². The molecule has 0 amide bonds. The minimum atomic E-state index is -3.46. The summed E-state index contributed by atoms with van der Waals surface area (Å²) in [6.45, 7) is 2.22. The summed E-state index contributed by atoms with van der Waals surface area (Å²) in [5, 5.41) is 9.84. The average molecular weight is 452 g/mol. The summed E-state index contributed by atoms with van der Waals surface area (Å²) in [6.07, 6.45) is 0.330. The number of alkyl halides is 2. The number of halogens is 2. The fourth-order valence-corrected chi connectivity index (χ4v) is 5.06. The average Bonchev–Trinajstić information content (AvgIpc) is 3.24. The molecule has 1 unspecified atom stereocenters. The van der Waals surface area contributed by atoms with Gasteiger partial charge in [0.25, 0.3) is 5.92 Å². The van der Waals surface area contributed by atoms with Gasteiger partial charge in [-0.2, -0.15) is 8.78 Å². The Labute approximate surface area is 178 Å². The second-order valence-electron chi connectivity index (χ2n) is 8.37. The second kappa shape index (κ2) is 6.81. The quantitative estimate of drug-likeness (QED) is 0.728. The van der Waals surface area contributed by atoms with Crippen molar-refractivity contribution in [3.05, 3.63) is 35.0 Å². The number of β-amino-alcohol motifs (C(OH)–C–C–N with tert-alkyl or cyclic N) is 1. The minimum Gasteiger partial charge on any atom is -0.491 e. The Morgan fingerprint density at radius 2 is 2.10 bits per heavy atom. The van der Waals surface area contributed by atoms with Gasteiger partial charge in [0.2, 0.25) is 16.0 Å². The van der Waals surface area contributed by atoms with Crippen LogP contribution in [0.3, 0.4) is 0 Å². The molecular weight excluding hydrogens is 430 g/mol. The van der Waals surface area contributed by atoms with Crippen molar-refractivity contribution in [3.63, 3.8) is 0 Å². The van der Waals surface area contributed by atoms with Crippen LogP contribution in [0.25, 0.3) is 11.3 Å². The van der Waals surface area contributed by atoms with Crippen molar-refractivity contribution >= 4 is 16.0 Å². The number of aliphatic hydroxyl groups excluding tert-OH is 1. The molecule has 0 spiro atoms. The highest BCUT2D eigenvalue weighted by Gasteiger charge is 2.45. The Morgan fingerprint density at radius 1 is 1.32 bits per heavy atom. The third-order valence-corrected chi connectivity index (χ3v) is 6.85. The van der Waals surface area contributed by atoms with E-state index in [2.05, 4.69) is 14.7 Å². The molecular formula is C20H22F2N4O4S. The van der Waals surface area contributed by atoms with Crippen molar-refractivity contribution < 1.29 is 27.0 Å². The standard InChI is InChI=1S/C20H22F2N4O4S/c1-10-15(27)8-26(10)19-23-17(12-5-6-20(21,22)18(12)24-19)11-3-4-16-13(7-11)14(9-30-16)25-31(2,28)29/h3-4,7,10,14-15,25,27H,5-6,8-9H2,1-2H3/t10-,14?,15+/m0/s1. The minimum absolute atomic E-state index is 0.148. The second-order valence-corrected chi connectivity index (χ2v) is 10.2. The molecule has 8 nitrogen and oxygen atoms in total. The number of aliphatic hydroxyl groups is 1. The van der Waals surface area contributed by atoms with E-state index in [9.17, 15) is 22.3 Å². The van der Waals surface area contributed by atoms with Crippen LogP contribution in [0, 0.1) is 0 Å². The lowest BCUT2D eigenvalue weighted by molar-refractivity contribution is -0.00603. The van der Waals surface area contributed by atoms with Crippen LogP contribution in [0.1, 0.15) is 36.2 Å². The molecule has 2 aliphatic heterocycles. The van der Waals surface area contributed by atoms with Gasteiger partial charge < -0.3 is 14.7 Å². The number of aromatic nitrogens is 2. The normalized spacial score (nSPS) is 26.2. The zero-order valence-corrected chi connectivity index (χ0v) is 17.8. The Kier molecular flexibility index (Phi) is 4.51. The molecule has 1 fully saturated rings. The van der Waals surface area contributed by atoms with E-state index in [1.807, 2.05) is 0 Å². The van der Waals surface area contributed by atoms with Gasteiger partial charge in [-0.15, -0.1) is 0 Å². The van der Waals surface area contributed by atoms with Crippen molar-refractivity contribution in [2.75, 3.05) is 24.3 Å². The number of hydrogen-bond donors (Lipinski definition) is 2. The van der Waals surface area contributed by atoms with Crippen molar-refractivity contribution in [1.29, 1.82) is 0 Å². The lowest BCUT2D eigenvalue weighted by Gasteiger charge is -2.43. The van der Waals surface area contributed by atoms with Gasteiger partial charge >= 0.3 is 0 Å². The molecule has 3 heterocycles. The van der Waals surface area contributed by atoms with Gasteiger partial charge in [-0.05, 0) is 31.5 Å². The number of rotatable bonds is 4. The van der Waals surface area contributed by atoms with Crippen molar-refractivity contribution in [2.24, 2.45) is 0 Å². The van der Waals surface area contributed by atoms with Crippen molar-refractivity contribution in [2.45, 2.75) is 43.9 Å². The van der Waals surface area contributed by atoms with Gasteiger partial charge in [0, 0.05) is 29.7 Å². The zero-order valence-electron chi connectivity index (χ0n) is 17.0. The van der Waals surface area contributed by atoms with E-state index >= 15 is 0 Å². The van der Waals surface area contributed by atoms with Crippen molar-refractivity contribution in [1.82, 2.24) is 14.7 Å². The van der Waals surface area contributed by atoms with Crippen LogP contribution < -0.4 is 14.4 Å². The number of anilines is 1. The highest BCUT2D eigenvalue weighted by molar-refractivity contribution is 7.88. The molecule has 0 radical (unpaired) electrons. The van der Waals surface area contributed by atoms with E-state index in [-0.39, 0.29) is 43.7 Å². The number of nitrogens with zero attached hydrogens (tertiary/aromatic N) is 3. The maximum atomic E-state index is 14.6. The smallest absolute Gasteiger partial charge is 0.290 e. The Hall–Kier alpha value is -2.37. The van der Waals surface area contributed by atoms with Crippen LogP contribution in [-0.2, 0) is 22.4 Å². The van der Waals surface area contributed by atoms with Gasteiger partial charge in [0.05, 0.1) is 30.1 Å². The third kappa shape index (κ3) is 3.44. The van der Waals surface area contributed by atoms with Crippen LogP contribution in [0.5, 0.6) is 5.75 Å². The summed E-state index contributed by atoms with van der Waals surface area (Å²) in [5.74, 6) is -2.34. The van der Waals surface area contributed by atoms with Gasteiger partial charge in [0.1, 0.15) is 18.1 Å². The number of sulfonamides is 1. The first-order valence-corrected chi connectivity index (χ1v) is 11.9. The first-order valence-electron chi connectivity index (χ1n) is 10.0. The summed E-state index contributed by atoms with van der Waals surface area (Å²) in [7, 11) is -3.46. The van der Waals surface area contributed by atoms with Crippen LogP contribution in [0.4, 0.5) is 14.7 Å². The topological polar surface area (TPSA) is 105 Å². The summed E-state index contributed by atoms with van der Waals surface area (Å²) >= 11 is 0. The van der Waals surface area contributed by atoms with Crippen molar-refractivity contribution in [3.8, 4) is 17.0 Å². The first-order chi connectivity index (χ1) is 14.5. The van der Waals surface area contributed by atoms with Gasteiger partial charge in [0.15, 0.2) is 0 Å². The van der Waals surface area contributed by atoms with Gasteiger partial charge in [-0.25, -0.2) is 23.1 Å². The first kappa shape index (κ1) is 20.5. The molecule has 2 N–H and O–H groups in total. The third-order valence-electron chi connectivity index (χ3n) is 6.14. The number of hydrogen-bond acceptors (Lipinski definition) is 7. The van der Waals surface area contributed by atoms with Crippen LogP contribution in [0.15, 0.2) is 18.2 Å². The molecule has 1 aliphatic carbocycles. The number of nitrogens with one attached hydrogen (secondary N) is 1. The summed E-state index contributed by atoms with van der Waals surface area (Å²) < 4.78 is 60.7. The van der Waals surface area contributed by atoms with Crippen LogP contribution in [0.2, 0.25) is 0 Å². The molecule has 0 saturated carbocycles. The molecule has 31 heavy (non-hydrogen) atoms. The predicted molar refractivity (Wildman–Crippen MR) is 109 cm³/mol. The predicted octanol–water partition coefficient (Wildman–Crippen LogP) is 1.73. The molecule has 2 aromatic rings. The number of fused-ring (bicyclic) bond motifs is 2. The lowest BCUT2D eigenvalue weighted by atomic mass is 9.99. The maximum absolute atomic E-state index is 14.6. The summed E-state index contributed by atoms with van der Waals surface area (Å²) in [5.41, 5.74) is 1.75. The molecule has 1 aromatic heterocycles. The van der Waals surface area contributed by atoms with E-state index in [0.29, 0.717) is 28.1 Å².